The number of imidazole rings is 1. The molecule has 0 amide bonds. The minimum atomic E-state index is 0.609. The van der Waals surface area contributed by atoms with Gasteiger partial charge in [0.05, 0.1) is 28.2 Å². The summed E-state index contributed by atoms with van der Waals surface area (Å²) >= 11 is 0. The molecule has 0 atom stereocenters. The van der Waals surface area contributed by atoms with E-state index >= 15 is 0 Å². The Morgan fingerprint density at radius 2 is 1.95 bits per heavy atom. The molecule has 2 aromatic carbocycles. The summed E-state index contributed by atoms with van der Waals surface area (Å²) in [4.78, 5) is 7.80. The lowest BCUT2D eigenvalue weighted by molar-refractivity contribution is 1.10. The third kappa shape index (κ3) is 1.49. The lowest BCUT2D eigenvalue weighted by Crippen LogP contribution is -1.81. The summed E-state index contributed by atoms with van der Waals surface area (Å²) < 4.78 is 0. The Kier molecular flexibility index (Phi) is 2.12. The first-order valence-corrected chi connectivity index (χ1v) is 6.18. The third-order valence-electron chi connectivity index (χ3n) is 3.31. The number of hydrogen-bond donors (Lipinski definition) is 2. The first kappa shape index (κ1) is 10.8. The van der Waals surface area contributed by atoms with E-state index in [-0.39, 0.29) is 0 Å². The Bertz CT molecular complexity index is 938. The van der Waals surface area contributed by atoms with Crippen LogP contribution in [-0.4, -0.2) is 20.2 Å². The van der Waals surface area contributed by atoms with Gasteiger partial charge in [0.1, 0.15) is 5.69 Å². The van der Waals surface area contributed by atoms with Crippen molar-refractivity contribution in [3.63, 3.8) is 0 Å². The highest BCUT2D eigenvalue weighted by Gasteiger charge is 2.12. The highest BCUT2D eigenvalue weighted by Crippen LogP contribution is 2.26. The summed E-state index contributed by atoms with van der Waals surface area (Å²) in [5.74, 6) is 0.724. The van der Waals surface area contributed by atoms with E-state index in [1.807, 2.05) is 30.3 Å². The average molecular weight is 259 g/mol. The number of H-pyrrole nitrogens is 2. The zero-order valence-corrected chi connectivity index (χ0v) is 10.4. The molecule has 20 heavy (non-hydrogen) atoms. The SMILES string of the molecule is N#Cc1ccc2c(-c3nc4ccccc4[nH]3)n[nH]c2c1. The fourth-order valence-electron chi connectivity index (χ4n) is 2.33. The zero-order chi connectivity index (χ0) is 13.5. The first-order valence-electron chi connectivity index (χ1n) is 6.18. The van der Waals surface area contributed by atoms with Crippen molar-refractivity contribution in [2.75, 3.05) is 0 Å². The summed E-state index contributed by atoms with van der Waals surface area (Å²) in [6.07, 6.45) is 0. The van der Waals surface area contributed by atoms with Gasteiger partial charge < -0.3 is 4.98 Å². The van der Waals surface area contributed by atoms with E-state index < -0.39 is 0 Å². The van der Waals surface area contributed by atoms with Crippen LogP contribution >= 0.6 is 0 Å². The van der Waals surface area contributed by atoms with Crippen LogP contribution < -0.4 is 0 Å². The van der Waals surface area contributed by atoms with Gasteiger partial charge in [-0.25, -0.2) is 4.98 Å². The second-order valence-corrected chi connectivity index (χ2v) is 4.55. The molecular formula is C15H9N5. The number of hydrogen-bond acceptors (Lipinski definition) is 3. The van der Waals surface area contributed by atoms with E-state index in [0.29, 0.717) is 5.56 Å². The summed E-state index contributed by atoms with van der Waals surface area (Å²) in [5, 5.41) is 17.1. The molecule has 2 aromatic heterocycles. The molecule has 0 radical (unpaired) electrons. The van der Waals surface area contributed by atoms with Crippen molar-refractivity contribution in [1.29, 1.82) is 5.26 Å². The van der Waals surface area contributed by atoms with Gasteiger partial charge in [-0.05, 0) is 30.3 Å². The van der Waals surface area contributed by atoms with Crippen LogP contribution in [0, 0.1) is 11.3 Å². The van der Waals surface area contributed by atoms with Crippen molar-refractivity contribution >= 4 is 21.9 Å². The molecule has 2 heterocycles. The molecule has 94 valence electrons. The topological polar surface area (TPSA) is 81.2 Å². The van der Waals surface area contributed by atoms with Gasteiger partial charge in [0.15, 0.2) is 5.82 Å². The molecule has 0 saturated heterocycles. The van der Waals surface area contributed by atoms with Crippen molar-refractivity contribution in [2.45, 2.75) is 0 Å². The van der Waals surface area contributed by atoms with Gasteiger partial charge >= 0.3 is 0 Å². The number of nitrogens with zero attached hydrogens (tertiary/aromatic N) is 3. The van der Waals surface area contributed by atoms with Crippen LogP contribution in [0.5, 0.6) is 0 Å². The summed E-state index contributed by atoms with van der Waals surface area (Å²) in [6.45, 7) is 0. The molecule has 0 aliphatic rings. The maximum absolute atomic E-state index is 8.91. The van der Waals surface area contributed by atoms with Crippen LogP contribution in [0.4, 0.5) is 0 Å². The van der Waals surface area contributed by atoms with E-state index in [1.165, 1.54) is 0 Å². The van der Waals surface area contributed by atoms with Gasteiger partial charge in [-0.1, -0.05) is 12.1 Å². The highest BCUT2D eigenvalue weighted by atomic mass is 15.1. The number of aromatic amines is 2. The summed E-state index contributed by atoms with van der Waals surface area (Å²) in [6, 6.07) is 15.4. The van der Waals surface area contributed by atoms with E-state index in [9.17, 15) is 0 Å². The number of fused-ring (bicyclic) bond motifs is 2. The van der Waals surface area contributed by atoms with Crippen molar-refractivity contribution in [2.24, 2.45) is 0 Å². The Labute approximate surface area is 113 Å². The molecule has 5 heteroatoms. The van der Waals surface area contributed by atoms with Crippen molar-refractivity contribution < 1.29 is 0 Å². The monoisotopic (exact) mass is 259 g/mol. The Morgan fingerprint density at radius 3 is 2.80 bits per heavy atom. The number of aromatic nitrogens is 4. The van der Waals surface area contributed by atoms with Gasteiger partial charge in [-0.2, -0.15) is 10.4 Å². The fourth-order valence-corrected chi connectivity index (χ4v) is 2.33. The molecule has 2 N–H and O–H groups in total. The highest BCUT2D eigenvalue weighted by molar-refractivity contribution is 5.93. The average Bonchev–Trinajstić information content (AvgIpc) is 3.09. The van der Waals surface area contributed by atoms with Crippen LogP contribution in [0.25, 0.3) is 33.5 Å². The minimum absolute atomic E-state index is 0.609. The number of para-hydroxylation sites is 2. The smallest absolute Gasteiger partial charge is 0.159 e. The summed E-state index contributed by atoms with van der Waals surface area (Å²) in [7, 11) is 0. The maximum atomic E-state index is 8.91. The number of nitrogens with one attached hydrogen (secondary N) is 2. The van der Waals surface area contributed by atoms with Crippen molar-refractivity contribution in [3.05, 3.63) is 48.0 Å². The number of nitriles is 1. The number of benzene rings is 2. The molecule has 4 aromatic rings. The molecule has 0 spiro atoms. The van der Waals surface area contributed by atoms with Gasteiger partial charge in [0.25, 0.3) is 0 Å². The van der Waals surface area contributed by atoms with Gasteiger partial charge in [-0.3, -0.25) is 5.10 Å². The molecule has 0 bridgehead atoms. The van der Waals surface area contributed by atoms with Crippen LogP contribution in [0.15, 0.2) is 42.5 Å². The molecule has 0 unspecified atom stereocenters. The van der Waals surface area contributed by atoms with Crippen LogP contribution in [-0.2, 0) is 0 Å². The predicted molar refractivity (Wildman–Crippen MR) is 75.9 cm³/mol. The van der Waals surface area contributed by atoms with Crippen LogP contribution in [0.2, 0.25) is 0 Å². The van der Waals surface area contributed by atoms with Crippen LogP contribution in [0.3, 0.4) is 0 Å². The Balaban J connectivity index is 1.95. The fraction of sp³-hybridized carbons (Fsp3) is 0. The quantitative estimate of drug-likeness (QED) is 0.551. The van der Waals surface area contributed by atoms with E-state index in [2.05, 4.69) is 26.2 Å². The molecule has 5 nitrogen and oxygen atoms in total. The zero-order valence-electron chi connectivity index (χ0n) is 10.4. The van der Waals surface area contributed by atoms with E-state index in [1.54, 1.807) is 12.1 Å². The molecule has 0 saturated carbocycles. The van der Waals surface area contributed by atoms with Gasteiger partial charge in [-0.15, -0.1) is 0 Å². The van der Waals surface area contributed by atoms with Crippen molar-refractivity contribution in [1.82, 2.24) is 20.2 Å². The minimum Gasteiger partial charge on any atom is -0.337 e. The standard InChI is InChI=1S/C15H9N5/c16-8-9-5-6-10-13(7-9)19-20-14(10)15-17-11-3-1-2-4-12(11)18-15/h1-7H,(H,17,18)(H,19,20). The lowest BCUT2D eigenvalue weighted by atomic mass is 10.1. The maximum Gasteiger partial charge on any atom is 0.159 e. The molecule has 0 aliphatic heterocycles. The molecule has 0 fully saturated rings. The van der Waals surface area contributed by atoms with E-state index in [4.69, 9.17) is 5.26 Å². The van der Waals surface area contributed by atoms with Gasteiger partial charge in [0.2, 0.25) is 0 Å². The first-order chi connectivity index (χ1) is 9.85. The summed E-state index contributed by atoms with van der Waals surface area (Å²) in [5.41, 5.74) is 4.09. The largest absolute Gasteiger partial charge is 0.337 e. The molecule has 4 rings (SSSR count). The second-order valence-electron chi connectivity index (χ2n) is 4.55. The van der Waals surface area contributed by atoms with E-state index in [0.717, 1.165) is 33.5 Å². The molecular weight excluding hydrogens is 250 g/mol. The van der Waals surface area contributed by atoms with Crippen LogP contribution in [0.1, 0.15) is 5.56 Å². The normalized spacial score (nSPS) is 10.9. The number of rotatable bonds is 1. The molecule has 0 aliphatic carbocycles. The third-order valence-corrected chi connectivity index (χ3v) is 3.31. The Morgan fingerprint density at radius 1 is 1.05 bits per heavy atom. The van der Waals surface area contributed by atoms with Gasteiger partial charge in [0, 0.05) is 5.39 Å². The lowest BCUT2D eigenvalue weighted by Gasteiger charge is -1.92. The second kappa shape index (κ2) is 3.93. The Hall–Kier alpha value is -3.13. The predicted octanol–water partition coefficient (Wildman–Crippen LogP) is 2.98. The van der Waals surface area contributed by atoms with Crippen molar-refractivity contribution in [3.8, 4) is 17.6 Å².